The predicted molar refractivity (Wildman–Crippen MR) is 132 cm³/mol. The summed E-state index contributed by atoms with van der Waals surface area (Å²) in [5.41, 5.74) is 1.58. The van der Waals surface area contributed by atoms with Crippen molar-refractivity contribution in [1.29, 1.82) is 0 Å². The number of rotatable bonds is 11. The first-order valence-corrected chi connectivity index (χ1v) is 11.2. The summed E-state index contributed by atoms with van der Waals surface area (Å²) < 4.78 is 42.0. The van der Waals surface area contributed by atoms with Crippen molar-refractivity contribution < 1.29 is 42.4 Å². The molecular formula is C23H27F3N6O6. The first-order chi connectivity index (χ1) is 18.1. The fourth-order valence-corrected chi connectivity index (χ4v) is 2.90. The molecule has 0 aliphatic rings. The summed E-state index contributed by atoms with van der Waals surface area (Å²) in [6.45, 7) is 3.46. The van der Waals surface area contributed by atoms with E-state index in [1.807, 2.05) is 7.05 Å². The van der Waals surface area contributed by atoms with Gasteiger partial charge in [0.25, 0.3) is 0 Å². The fraction of sp³-hybridized carbons (Fsp3) is 0.348. The highest BCUT2D eigenvalue weighted by molar-refractivity contribution is 6.06. The van der Waals surface area contributed by atoms with Gasteiger partial charge in [-0.1, -0.05) is 6.07 Å². The number of ether oxygens (including phenoxy) is 2. The molecule has 0 saturated heterocycles. The minimum Gasteiger partial charge on any atom is -0.494 e. The second kappa shape index (κ2) is 14.4. The van der Waals surface area contributed by atoms with Crippen LogP contribution in [0.2, 0.25) is 0 Å². The zero-order valence-corrected chi connectivity index (χ0v) is 20.5. The molecular weight excluding hydrogens is 513 g/mol. The van der Waals surface area contributed by atoms with Gasteiger partial charge < -0.3 is 35.3 Å². The Hall–Kier alpha value is -4.40. The van der Waals surface area contributed by atoms with Crippen molar-refractivity contribution in [2.45, 2.75) is 19.5 Å². The van der Waals surface area contributed by atoms with E-state index in [0.717, 1.165) is 19.5 Å². The first kappa shape index (κ1) is 29.8. The number of aliphatic imine (C=N–C) groups is 1. The molecule has 0 aliphatic heterocycles. The van der Waals surface area contributed by atoms with Crippen molar-refractivity contribution in [3.8, 4) is 11.6 Å². The summed E-state index contributed by atoms with van der Waals surface area (Å²) in [5, 5.41) is 24.5. The van der Waals surface area contributed by atoms with Gasteiger partial charge in [-0.05, 0) is 39.1 Å². The number of aromatic nitrogens is 3. The molecule has 5 N–H and O–H groups in total. The van der Waals surface area contributed by atoms with Crippen molar-refractivity contribution in [3.63, 3.8) is 0 Å². The number of carboxylic acids is 1. The minimum absolute atomic E-state index is 0.0489. The quantitative estimate of drug-likeness (QED) is 0.138. The van der Waals surface area contributed by atoms with Crippen molar-refractivity contribution in [2.75, 3.05) is 38.7 Å². The van der Waals surface area contributed by atoms with Gasteiger partial charge in [0.1, 0.15) is 23.5 Å². The lowest BCUT2D eigenvalue weighted by atomic mass is 10.2. The Bertz CT molecular complexity index is 1250. The van der Waals surface area contributed by atoms with Crippen LogP contribution in [0.25, 0.3) is 11.0 Å². The Morgan fingerprint density at radius 3 is 2.63 bits per heavy atom. The molecule has 0 aliphatic carbocycles. The topological polar surface area (TPSA) is 171 Å². The third-order valence-corrected chi connectivity index (χ3v) is 4.57. The maximum Gasteiger partial charge on any atom is 0.490 e. The van der Waals surface area contributed by atoms with Gasteiger partial charge in [-0.15, -0.1) is 0 Å². The summed E-state index contributed by atoms with van der Waals surface area (Å²) in [5.74, 6) is -2.14. The van der Waals surface area contributed by atoms with Gasteiger partial charge in [-0.3, -0.25) is 4.99 Å². The van der Waals surface area contributed by atoms with Crippen LogP contribution in [0.4, 0.5) is 24.7 Å². The number of aliphatic carboxylic acids is 1. The number of benzene rings is 1. The number of hydrogen-bond donors (Lipinski definition) is 5. The van der Waals surface area contributed by atoms with Gasteiger partial charge in [0, 0.05) is 18.8 Å². The summed E-state index contributed by atoms with van der Waals surface area (Å²) >= 11 is 0. The summed E-state index contributed by atoms with van der Waals surface area (Å²) in [6.07, 6.45) is -1.19. The highest BCUT2D eigenvalue weighted by Gasteiger charge is 2.38. The zero-order valence-electron chi connectivity index (χ0n) is 20.5. The number of nitrogens with one attached hydrogen (secondary N) is 3. The standard InChI is InChI=1S/C21H26N6O4.C2HF3O2/c1-3-30-17(28)12-31-15-7-4-6-14(10-15)24-11-16-18-19(23-9-5-8-22-2)25-13-26-20(18)27-21(16)29;3-2(4,5)1(6)7/h4,6-7,10-11,13,22,29H,3,5,8-9,12H2,1-2H3,(H2,23,25,26,27);(H,6,7). The second-order valence-electron chi connectivity index (χ2n) is 7.37. The van der Waals surface area contributed by atoms with E-state index in [-0.39, 0.29) is 12.5 Å². The molecule has 2 heterocycles. The van der Waals surface area contributed by atoms with E-state index in [1.54, 1.807) is 37.4 Å². The first-order valence-electron chi connectivity index (χ1n) is 11.2. The molecule has 15 heteroatoms. The summed E-state index contributed by atoms with van der Waals surface area (Å²) in [4.78, 5) is 36.1. The monoisotopic (exact) mass is 540 g/mol. The molecule has 0 atom stereocenters. The van der Waals surface area contributed by atoms with E-state index in [1.165, 1.54) is 6.33 Å². The number of fused-ring (bicyclic) bond motifs is 1. The average molecular weight is 540 g/mol. The Kier molecular flexibility index (Phi) is 11.3. The molecule has 2 aromatic heterocycles. The molecule has 1 aromatic carbocycles. The molecule has 0 fully saturated rings. The number of esters is 1. The summed E-state index contributed by atoms with van der Waals surface area (Å²) in [6, 6.07) is 6.96. The van der Waals surface area contributed by atoms with Gasteiger partial charge in [0.15, 0.2) is 12.5 Å². The highest BCUT2D eigenvalue weighted by Crippen LogP contribution is 2.30. The Morgan fingerprint density at radius 1 is 1.24 bits per heavy atom. The number of nitrogens with zero attached hydrogens (tertiary/aromatic N) is 3. The normalized spacial score (nSPS) is 11.2. The number of aromatic hydroxyl groups is 1. The molecule has 3 aromatic rings. The predicted octanol–water partition coefficient (Wildman–Crippen LogP) is 3.01. The molecule has 12 nitrogen and oxygen atoms in total. The van der Waals surface area contributed by atoms with Gasteiger partial charge in [-0.2, -0.15) is 13.2 Å². The molecule has 206 valence electrons. The smallest absolute Gasteiger partial charge is 0.490 e. The zero-order chi connectivity index (χ0) is 28.1. The molecule has 0 radical (unpaired) electrons. The fourth-order valence-electron chi connectivity index (χ4n) is 2.90. The molecule has 0 amide bonds. The number of aromatic amines is 1. The van der Waals surface area contributed by atoms with E-state index >= 15 is 0 Å². The van der Waals surface area contributed by atoms with Crippen LogP contribution in [0.3, 0.4) is 0 Å². The SMILES string of the molecule is CCOC(=O)COc1cccc(N=Cc2c(O)[nH]c3ncnc(NCCCNC)c23)c1.O=C(O)C(F)(F)F. The van der Waals surface area contributed by atoms with E-state index in [4.69, 9.17) is 19.4 Å². The van der Waals surface area contributed by atoms with E-state index in [0.29, 0.717) is 40.5 Å². The van der Waals surface area contributed by atoms with Crippen LogP contribution in [-0.4, -0.2) is 82.8 Å². The lowest BCUT2D eigenvalue weighted by Gasteiger charge is -2.07. The van der Waals surface area contributed by atoms with Crippen molar-refractivity contribution in [3.05, 3.63) is 36.2 Å². The average Bonchev–Trinajstić information content (AvgIpc) is 3.20. The number of carboxylic acid groups (broad SMARTS) is 1. The molecule has 38 heavy (non-hydrogen) atoms. The van der Waals surface area contributed by atoms with Gasteiger partial charge in [0.05, 0.1) is 23.2 Å². The van der Waals surface area contributed by atoms with E-state index in [2.05, 4.69) is 30.6 Å². The Labute approximate surface area is 214 Å². The van der Waals surface area contributed by atoms with Crippen LogP contribution in [-0.2, 0) is 14.3 Å². The third kappa shape index (κ3) is 9.24. The van der Waals surface area contributed by atoms with Crippen LogP contribution in [0, 0.1) is 0 Å². The van der Waals surface area contributed by atoms with E-state index in [9.17, 15) is 23.1 Å². The summed E-state index contributed by atoms with van der Waals surface area (Å²) in [7, 11) is 1.90. The number of H-pyrrole nitrogens is 1. The maximum absolute atomic E-state index is 11.5. The lowest BCUT2D eigenvalue weighted by Crippen LogP contribution is -2.21. The minimum atomic E-state index is -5.08. The van der Waals surface area contributed by atoms with Gasteiger partial charge in [-0.25, -0.2) is 19.6 Å². The third-order valence-electron chi connectivity index (χ3n) is 4.57. The van der Waals surface area contributed by atoms with Crippen LogP contribution in [0.5, 0.6) is 11.6 Å². The number of halogens is 3. The largest absolute Gasteiger partial charge is 0.494 e. The molecule has 0 spiro atoms. The number of carbonyl (C=O) groups excluding carboxylic acids is 1. The Balaban J connectivity index is 0.000000638. The van der Waals surface area contributed by atoms with E-state index < -0.39 is 18.1 Å². The number of carbonyl (C=O) groups is 2. The van der Waals surface area contributed by atoms with Crippen LogP contribution < -0.4 is 15.4 Å². The molecule has 0 bridgehead atoms. The van der Waals surface area contributed by atoms with Crippen LogP contribution in [0.15, 0.2) is 35.6 Å². The maximum atomic E-state index is 11.5. The molecule has 0 unspecified atom stereocenters. The molecule has 3 rings (SSSR count). The van der Waals surface area contributed by atoms with Gasteiger partial charge >= 0.3 is 18.1 Å². The highest BCUT2D eigenvalue weighted by atomic mass is 19.4. The van der Waals surface area contributed by atoms with Crippen molar-refractivity contribution in [2.24, 2.45) is 4.99 Å². The molecule has 0 saturated carbocycles. The van der Waals surface area contributed by atoms with Crippen molar-refractivity contribution in [1.82, 2.24) is 20.3 Å². The Morgan fingerprint density at radius 2 is 1.97 bits per heavy atom. The van der Waals surface area contributed by atoms with Crippen LogP contribution in [0.1, 0.15) is 18.9 Å². The van der Waals surface area contributed by atoms with Gasteiger partial charge in [0.2, 0.25) is 0 Å². The lowest BCUT2D eigenvalue weighted by molar-refractivity contribution is -0.192. The number of anilines is 1. The number of alkyl halides is 3. The second-order valence-corrected chi connectivity index (χ2v) is 7.37. The van der Waals surface area contributed by atoms with Crippen molar-refractivity contribution >= 4 is 40.7 Å². The number of hydrogen-bond acceptors (Lipinski definition) is 10. The van der Waals surface area contributed by atoms with Crippen LogP contribution >= 0.6 is 0 Å².